The van der Waals surface area contributed by atoms with Gasteiger partial charge >= 0.3 is 6.18 Å². The lowest BCUT2D eigenvalue weighted by atomic mass is 9.74. The van der Waals surface area contributed by atoms with Gasteiger partial charge in [-0.1, -0.05) is 31.9 Å². The summed E-state index contributed by atoms with van der Waals surface area (Å²) < 4.78 is 56.0. The summed E-state index contributed by atoms with van der Waals surface area (Å²) >= 11 is 0. The van der Waals surface area contributed by atoms with Gasteiger partial charge in [0.25, 0.3) is 0 Å². The Hall–Kier alpha value is -1.40. The molecule has 0 amide bonds. The van der Waals surface area contributed by atoms with E-state index in [0.29, 0.717) is 24.9 Å². The van der Waals surface area contributed by atoms with Crippen molar-refractivity contribution in [1.29, 1.82) is 0 Å². The Morgan fingerprint density at radius 3 is 2.50 bits per heavy atom. The van der Waals surface area contributed by atoms with Crippen LogP contribution in [0.25, 0.3) is 6.08 Å². The molecule has 0 saturated heterocycles. The Labute approximate surface area is 151 Å². The first-order valence-electron chi connectivity index (χ1n) is 9.01. The molecular weight excluding hydrogens is 348 g/mol. The van der Waals surface area contributed by atoms with E-state index in [9.17, 15) is 17.6 Å². The maximum Gasteiger partial charge on any atom is 0.409 e. The third-order valence-corrected chi connectivity index (χ3v) is 5.17. The van der Waals surface area contributed by atoms with Crippen LogP contribution in [0.15, 0.2) is 24.3 Å². The van der Waals surface area contributed by atoms with E-state index in [1.807, 2.05) is 0 Å². The van der Waals surface area contributed by atoms with Crippen molar-refractivity contribution in [3.05, 3.63) is 41.2 Å². The predicted octanol–water partition coefficient (Wildman–Crippen LogP) is 5.35. The minimum absolute atomic E-state index is 0.0339. The molecule has 1 aromatic rings. The van der Waals surface area contributed by atoms with Crippen LogP contribution in [0, 0.1) is 23.6 Å². The van der Waals surface area contributed by atoms with Gasteiger partial charge in [0.05, 0.1) is 6.61 Å². The quantitative estimate of drug-likeness (QED) is 0.515. The van der Waals surface area contributed by atoms with Crippen LogP contribution in [0.5, 0.6) is 0 Å². The monoisotopic (exact) mass is 374 g/mol. The molecule has 0 aliphatic heterocycles. The van der Waals surface area contributed by atoms with Gasteiger partial charge in [-0.3, -0.25) is 0 Å². The summed E-state index contributed by atoms with van der Waals surface area (Å²) in [5, 5.41) is 8.95. The number of benzene rings is 1. The zero-order chi connectivity index (χ0) is 19.2. The first kappa shape index (κ1) is 20.9. The Balaban J connectivity index is 2.07. The normalized spacial score (nSPS) is 22.7. The minimum atomic E-state index is -4.46. The number of aliphatic hydroxyl groups excluding tert-OH is 1. The van der Waals surface area contributed by atoms with Gasteiger partial charge in [-0.2, -0.15) is 13.2 Å². The van der Waals surface area contributed by atoms with E-state index in [1.165, 1.54) is 12.1 Å². The molecule has 1 aliphatic carbocycles. The fourth-order valence-electron chi connectivity index (χ4n) is 3.64. The van der Waals surface area contributed by atoms with Crippen molar-refractivity contribution in [3.8, 4) is 0 Å². The lowest BCUT2D eigenvalue weighted by Gasteiger charge is -2.32. The lowest BCUT2D eigenvalue weighted by molar-refractivity contribution is -0.0790. The zero-order valence-electron chi connectivity index (χ0n) is 14.9. The molecule has 0 heterocycles. The number of rotatable bonds is 7. The average Bonchev–Trinajstić information content (AvgIpc) is 2.58. The Morgan fingerprint density at radius 2 is 1.92 bits per heavy atom. The van der Waals surface area contributed by atoms with Crippen LogP contribution in [-0.2, 0) is 11.2 Å². The molecule has 0 spiro atoms. The molecule has 0 bridgehead atoms. The summed E-state index contributed by atoms with van der Waals surface area (Å²) in [6.45, 7) is 2.28. The lowest BCUT2D eigenvalue weighted by Crippen LogP contribution is -2.26. The van der Waals surface area contributed by atoms with Crippen LogP contribution in [0.2, 0.25) is 0 Å². The van der Waals surface area contributed by atoms with Crippen LogP contribution in [0.4, 0.5) is 17.6 Å². The molecule has 2 rings (SSSR count). The molecule has 2 nitrogen and oxygen atoms in total. The second kappa shape index (κ2) is 9.51. The van der Waals surface area contributed by atoms with Gasteiger partial charge in [-0.05, 0) is 54.7 Å². The molecular formula is C20H26F4O2. The summed E-state index contributed by atoms with van der Waals surface area (Å²) in [4.78, 5) is 0. The fourth-order valence-corrected chi connectivity index (χ4v) is 3.64. The van der Waals surface area contributed by atoms with Gasteiger partial charge in [0.15, 0.2) is 0 Å². The van der Waals surface area contributed by atoms with E-state index in [1.54, 1.807) is 6.07 Å². The number of ether oxygens (including phenoxy) is 1. The highest BCUT2D eigenvalue weighted by Crippen LogP contribution is 2.35. The van der Waals surface area contributed by atoms with Crippen LogP contribution in [-0.4, -0.2) is 24.7 Å². The highest BCUT2D eigenvalue weighted by Gasteiger charge is 2.27. The average molecular weight is 374 g/mol. The van der Waals surface area contributed by atoms with Gasteiger partial charge < -0.3 is 9.84 Å². The van der Waals surface area contributed by atoms with Gasteiger partial charge in [-0.15, -0.1) is 0 Å². The molecule has 1 fully saturated rings. The Kier molecular flexibility index (Phi) is 7.65. The van der Waals surface area contributed by atoms with Gasteiger partial charge in [0, 0.05) is 11.6 Å². The summed E-state index contributed by atoms with van der Waals surface area (Å²) in [7, 11) is 0. The molecule has 1 saturated carbocycles. The van der Waals surface area contributed by atoms with Crippen molar-refractivity contribution >= 4 is 6.08 Å². The summed E-state index contributed by atoms with van der Waals surface area (Å²) in [6, 6.07) is 4.34. The topological polar surface area (TPSA) is 29.5 Å². The van der Waals surface area contributed by atoms with Crippen LogP contribution in [0.1, 0.15) is 43.7 Å². The fraction of sp³-hybridized carbons (Fsp3) is 0.600. The second-order valence-corrected chi connectivity index (χ2v) is 7.21. The number of allylic oxidation sites excluding steroid dienone is 1. The number of hydrogen-bond acceptors (Lipinski definition) is 2. The Morgan fingerprint density at radius 1 is 1.23 bits per heavy atom. The first-order valence-corrected chi connectivity index (χ1v) is 9.01. The first-order chi connectivity index (χ1) is 12.3. The van der Waals surface area contributed by atoms with E-state index in [2.05, 4.69) is 6.92 Å². The standard InChI is InChI=1S/C20H26F4O2/c1-14-2-5-16(6-3-14)18(12-26-13-25)10-15-4-7-17(19(21)11-15)8-9-20(22,23)24/h4,7-9,11,14,16,18,25H,2-3,5-6,10,12-13H2,1H3/b9-8+. The number of hydrogen-bond donors (Lipinski definition) is 1. The van der Waals surface area contributed by atoms with Crippen molar-refractivity contribution in [2.45, 2.75) is 45.2 Å². The van der Waals surface area contributed by atoms with Gasteiger partial charge in [-0.25, -0.2) is 4.39 Å². The third-order valence-electron chi connectivity index (χ3n) is 5.17. The predicted molar refractivity (Wildman–Crippen MR) is 92.8 cm³/mol. The van der Waals surface area contributed by atoms with Crippen molar-refractivity contribution in [1.82, 2.24) is 0 Å². The second-order valence-electron chi connectivity index (χ2n) is 7.21. The van der Waals surface area contributed by atoms with Gasteiger partial charge in [0.1, 0.15) is 12.6 Å². The maximum atomic E-state index is 14.1. The number of aliphatic hydroxyl groups is 1. The minimum Gasteiger partial charge on any atom is -0.371 e. The largest absolute Gasteiger partial charge is 0.409 e. The summed E-state index contributed by atoms with van der Waals surface area (Å²) in [6.07, 6.45) is 1.35. The van der Waals surface area contributed by atoms with Crippen molar-refractivity contribution < 1.29 is 27.4 Å². The van der Waals surface area contributed by atoms with E-state index >= 15 is 0 Å². The van der Waals surface area contributed by atoms with E-state index < -0.39 is 12.0 Å². The van der Waals surface area contributed by atoms with Crippen LogP contribution in [0.3, 0.4) is 0 Å². The number of alkyl halides is 3. The number of halogens is 4. The van der Waals surface area contributed by atoms with Crippen LogP contribution < -0.4 is 0 Å². The Bertz CT molecular complexity index is 590. The molecule has 1 atom stereocenters. The van der Waals surface area contributed by atoms with Crippen molar-refractivity contribution in [2.75, 3.05) is 13.4 Å². The highest BCUT2D eigenvalue weighted by molar-refractivity contribution is 5.51. The molecule has 0 aromatic heterocycles. The highest BCUT2D eigenvalue weighted by atomic mass is 19.4. The summed E-state index contributed by atoms with van der Waals surface area (Å²) in [5.74, 6) is 0.654. The van der Waals surface area contributed by atoms with Crippen molar-refractivity contribution in [2.24, 2.45) is 17.8 Å². The smallest absolute Gasteiger partial charge is 0.371 e. The third kappa shape index (κ3) is 6.72. The molecule has 26 heavy (non-hydrogen) atoms. The molecule has 1 aromatic carbocycles. The van der Waals surface area contributed by atoms with E-state index in [-0.39, 0.29) is 24.4 Å². The van der Waals surface area contributed by atoms with Crippen molar-refractivity contribution in [3.63, 3.8) is 0 Å². The molecule has 1 unspecified atom stereocenters. The molecule has 1 aliphatic rings. The SMILES string of the molecule is CC1CCC(C(COCO)Cc2ccc(/C=C/C(F)(F)F)c(F)c2)CC1. The molecule has 146 valence electrons. The molecule has 6 heteroatoms. The maximum absolute atomic E-state index is 14.1. The van der Waals surface area contributed by atoms with Crippen LogP contribution >= 0.6 is 0 Å². The molecule has 1 N–H and O–H groups in total. The molecule has 0 radical (unpaired) electrons. The zero-order valence-corrected chi connectivity index (χ0v) is 14.9. The van der Waals surface area contributed by atoms with Gasteiger partial charge in [0.2, 0.25) is 0 Å². The van der Waals surface area contributed by atoms with E-state index in [4.69, 9.17) is 9.84 Å². The summed E-state index contributed by atoms with van der Waals surface area (Å²) in [5.41, 5.74) is 0.651. The van der Waals surface area contributed by atoms with E-state index in [0.717, 1.165) is 37.3 Å².